The fourth-order valence-corrected chi connectivity index (χ4v) is 5.30. The van der Waals surface area contributed by atoms with Crippen molar-refractivity contribution in [2.24, 2.45) is 0 Å². The van der Waals surface area contributed by atoms with E-state index in [1.165, 1.54) is 16.9 Å². The summed E-state index contributed by atoms with van der Waals surface area (Å²) in [5, 5.41) is 0.789. The van der Waals surface area contributed by atoms with Gasteiger partial charge in [0.2, 0.25) is 0 Å². The van der Waals surface area contributed by atoms with E-state index >= 15 is 0 Å². The van der Waals surface area contributed by atoms with Gasteiger partial charge in [-0.15, -0.1) is 11.3 Å². The minimum Gasteiger partial charge on any atom is -0.490 e. The zero-order valence-electron chi connectivity index (χ0n) is 17.4. The van der Waals surface area contributed by atoms with E-state index < -0.39 is 0 Å². The van der Waals surface area contributed by atoms with Crippen LogP contribution in [-0.2, 0) is 12.8 Å². The molecule has 5 nitrogen and oxygen atoms in total. The van der Waals surface area contributed by atoms with E-state index in [9.17, 15) is 4.79 Å². The molecule has 4 aromatic rings. The van der Waals surface area contributed by atoms with Gasteiger partial charge >= 0.3 is 0 Å². The fourth-order valence-electron chi connectivity index (χ4n) is 4.04. The van der Waals surface area contributed by atoms with Crippen LogP contribution < -0.4 is 15.0 Å². The van der Waals surface area contributed by atoms with E-state index in [1.54, 1.807) is 11.3 Å². The van der Waals surface area contributed by atoms with Crippen molar-refractivity contribution in [3.05, 3.63) is 74.9 Å². The Balaban J connectivity index is 1.27. The number of hydrogen-bond donors (Lipinski definition) is 1. The summed E-state index contributed by atoms with van der Waals surface area (Å²) in [5.74, 6) is 2.24. The number of rotatable bonds is 6. The number of H-pyrrole nitrogens is 1. The van der Waals surface area contributed by atoms with Gasteiger partial charge in [0.1, 0.15) is 35.4 Å². The van der Waals surface area contributed by atoms with Crippen LogP contribution in [0.5, 0.6) is 11.5 Å². The van der Waals surface area contributed by atoms with Crippen LogP contribution in [0.4, 0.5) is 0 Å². The Morgan fingerprint density at radius 1 is 1.00 bits per heavy atom. The molecule has 0 saturated carbocycles. The first kappa shape index (κ1) is 19.8. The summed E-state index contributed by atoms with van der Waals surface area (Å²) in [7, 11) is 0. The Kier molecular flexibility index (Phi) is 5.47. The number of para-hydroxylation sites is 1. The first-order valence-electron chi connectivity index (χ1n) is 10.7. The van der Waals surface area contributed by atoms with Gasteiger partial charge in [-0.2, -0.15) is 0 Å². The molecule has 1 aliphatic carbocycles. The second-order valence-corrected chi connectivity index (χ2v) is 8.88. The molecule has 0 fully saturated rings. The molecule has 1 N–H and O–H groups in total. The second-order valence-electron chi connectivity index (χ2n) is 7.79. The Labute approximate surface area is 184 Å². The van der Waals surface area contributed by atoms with Crippen molar-refractivity contribution in [2.75, 3.05) is 13.2 Å². The van der Waals surface area contributed by atoms with Gasteiger partial charge in [-0.25, -0.2) is 4.98 Å². The van der Waals surface area contributed by atoms with Crippen LogP contribution in [0.2, 0.25) is 0 Å². The minimum atomic E-state index is -0.0342. The van der Waals surface area contributed by atoms with Gasteiger partial charge < -0.3 is 14.5 Å². The summed E-state index contributed by atoms with van der Waals surface area (Å²) in [6.45, 7) is 2.95. The normalized spacial score (nSPS) is 13.2. The number of nitrogens with one attached hydrogen (secondary N) is 1. The van der Waals surface area contributed by atoms with Gasteiger partial charge in [-0.3, -0.25) is 4.79 Å². The summed E-state index contributed by atoms with van der Waals surface area (Å²) in [6, 6.07) is 15.6. The molecular weight excluding hydrogens is 408 g/mol. The highest BCUT2D eigenvalue weighted by Crippen LogP contribution is 2.34. The van der Waals surface area contributed by atoms with E-state index in [0.29, 0.717) is 19.0 Å². The van der Waals surface area contributed by atoms with E-state index in [2.05, 4.69) is 4.98 Å². The Morgan fingerprint density at radius 3 is 2.61 bits per heavy atom. The third-order valence-electron chi connectivity index (χ3n) is 5.66. The molecule has 0 spiro atoms. The van der Waals surface area contributed by atoms with Crippen LogP contribution in [0.3, 0.4) is 0 Å². The maximum atomic E-state index is 12.8. The van der Waals surface area contributed by atoms with Gasteiger partial charge in [0, 0.05) is 10.4 Å². The molecule has 1 aliphatic rings. The molecule has 0 bridgehead atoms. The average molecular weight is 433 g/mol. The molecule has 0 atom stereocenters. The molecule has 2 aromatic carbocycles. The topological polar surface area (TPSA) is 64.2 Å². The van der Waals surface area contributed by atoms with Gasteiger partial charge in [0.25, 0.3) is 5.56 Å². The minimum absolute atomic E-state index is 0.0342. The van der Waals surface area contributed by atoms with Crippen molar-refractivity contribution in [1.29, 1.82) is 0 Å². The van der Waals surface area contributed by atoms with Gasteiger partial charge in [-0.1, -0.05) is 18.2 Å². The van der Waals surface area contributed by atoms with Crippen molar-refractivity contribution >= 4 is 21.6 Å². The number of aromatic amines is 1. The molecule has 5 rings (SSSR count). The molecule has 2 aromatic heterocycles. The Hall–Kier alpha value is -3.12. The van der Waals surface area contributed by atoms with Gasteiger partial charge in [0.15, 0.2) is 0 Å². The summed E-state index contributed by atoms with van der Waals surface area (Å²) in [4.78, 5) is 22.7. The van der Waals surface area contributed by atoms with Crippen LogP contribution in [0.1, 0.15) is 28.8 Å². The second kappa shape index (κ2) is 8.55. The SMILES string of the molecule is Cc1ccccc1OCCOc1ccc(-c2nc3sc4c(c3c(=O)[nH]2)CCCC4)cc1. The maximum Gasteiger partial charge on any atom is 0.260 e. The lowest BCUT2D eigenvalue weighted by Crippen LogP contribution is -2.11. The zero-order chi connectivity index (χ0) is 21.2. The monoisotopic (exact) mass is 432 g/mol. The molecule has 0 unspecified atom stereocenters. The molecular formula is C25H24N2O3S. The first-order valence-corrected chi connectivity index (χ1v) is 11.5. The van der Waals surface area contributed by atoms with Crippen LogP contribution in [0, 0.1) is 6.92 Å². The standard InChI is InChI=1S/C25H24N2O3S/c1-16-6-2-4-8-20(16)30-15-14-29-18-12-10-17(11-13-18)23-26-24(28)22-19-7-3-5-9-21(19)31-25(22)27-23/h2,4,6,8,10-13H,3,5,7,9,14-15H2,1H3,(H,26,27,28). The number of benzene rings is 2. The largest absolute Gasteiger partial charge is 0.490 e. The Morgan fingerprint density at radius 2 is 1.77 bits per heavy atom. The van der Waals surface area contributed by atoms with E-state index in [1.807, 2.05) is 55.5 Å². The lowest BCUT2D eigenvalue weighted by Gasteiger charge is -2.10. The highest BCUT2D eigenvalue weighted by atomic mass is 32.1. The number of fused-ring (bicyclic) bond motifs is 3. The smallest absolute Gasteiger partial charge is 0.260 e. The summed E-state index contributed by atoms with van der Waals surface area (Å²) >= 11 is 1.67. The highest BCUT2D eigenvalue weighted by Gasteiger charge is 2.20. The maximum absolute atomic E-state index is 12.8. The Bertz CT molecular complexity index is 1270. The molecule has 0 amide bonds. The van der Waals surface area contributed by atoms with E-state index in [4.69, 9.17) is 14.5 Å². The van der Waals surface area contributed by atoms with Crippen molar-refractivity contribution in [1.82, 2.24) is 9.97 Å². The predicted molar refractivity (Wildman–Crippen MR) is 124 cm³/mol. The number of hydrogen-bond acceptors (Lipinski definition) is 5. The molecule has 0 aliphatic heterocycles. The van der Waals surface area contributed by atoms with Crippen molar-refractivity contribution < 1.29 is 9.47 Å². The number of aromatic nitrogens is 2. The number of thiophene rings is 1. The predicted octanol–water partition coefficient (Wildman–Crippen LogP) is 5.30. The van der Waals surface area contributed by atoms with E-state index in [-0.39, 0.29) is 5.56 Å². The lowest BCUT2D eigenvalue weighted by molar-refractivity contribution is 0.216. The summed E-state index contributed by atoms with van der Waals surface area (Å²) in [6.07, 6.45) is 4.39. The van der Waals surface area contributed by atoms with E-state index in [0.717, 1.165) is 52.1 Å². The molecule has 0 saturated heterocycles. The van der Waals surface area contributed by atoms with Gasteiger partial charge in [-0.05, 0) is 74.1 Å². The highest BCUT2D eigenvalue weighted by molar-refractivity contribution is 7.18. The molecule has 6 heteroatoms. The average Bonchev–Trinajstić information content (AvgIpc) is 3.17. The van der Waals surface area contributed by atoms with Crippen molar-refractivity contribution in [3.63, 3.8) is 0 Å². The summed E-state index contributed by atoms with van der Waals surface area (Å²) < 4.78 is 11.6. The first-order chi connectivity index (χ1) is 15.2. The number of nitrogens with zero attached hydrogens (tertiary/aromatic N) is 1. The fraction of sp³-hybridized carbons (Fsp3) is 0.280. The van der Waals surface area contributed by atoms with Crippen LogP contribution in [0.25, 0.3) is 21.6 Å². The zero-order valence-corrected chi connectivity index (χ0v) is 18.3. The van der Waals surface area contributed by atoms with Crippen molar-refractivity contribution in [3.8, 4) is 22.9 Å². The quantitative estimate of drug-likeness (QED) is 0.420. The van der Waals surface area contributed by atoms with Crippen LogP contribution in [-0.4, -0.2) is 23.2 Å². The van der Waals surface area contributed by atoms with Crippen LogP contribution >= 0.6 is 11.3 Å². The third kappa shape index (κ3) is 4.08. The summed E-state index contributed by atoms with van der Waals surface area (Å²) in [5.41, 5.74) is 3.15. The molecule has 158 valence electrons. The molecule has 0 radical (unpaired) electrons. The lowest BCUT2D eigenvalue weighted by atomic mass is 9.97. The third-order valence-corrected chi connectivity index (χ3v) is 6.84. The van der Waals surface area contributed by atoms with Gasteiger partial charge in [0.05, 0.1) is 5.39 Å². The molecule has 2 heterocycles. The van der Waals surface area contributed by atoms with Crippen molar-refractivity contribution in [2.45, 2.75) is 32.6 Å². The van der Waals surface area contributed by atoms with Crippen LogP contribution in [0.15, 0.2) is 53.3 Å². The number of ether oxygens (including phenoxy) is 2. The number of aryl methyl sites for hydroxylation is 3. The molecule has 31 heavy (non-hydrogen) atoms.